The number of para-hydroxylation sites is 1. The molecule has 3 aliphatic heterocycles. The van der Waals surface area contributed by atoms with Crippen molar-refractivity contribution < 1.29 is 24.0 Å². The second-order valence-corrected chi connectivity index (χ2v) is 12.8. The molecule has 5 rings (SSSR count). The number of hydrogen-bond donors (Lipinski definition) is 1. The predicted molar refractivity (Wildman–Crippen MR) is 161 cm³/mol. The van der Waals surface area contributed by atoms with Crippen molar-refractivity contribution in [3.63, 3.8) is 0 Å². The number of piperidine rings is 2. The van der Waals surface area contributed by atoms with Gasteiger partial charge in [-0.05, 0) is 63.5 Å². The van der Waals surface area contributed by atoms with Gasteiger partial charge in [-0.3, -0.25) is 9.38 Å². The van der Waals surface area contributed by atoms with Gasteiger partial charge in [0.05, 0.1) is 13.0 Å². The van der Waals surface area contributed by atoms with Crippen LogP contribution in [0, 0.1) is 6.92 Å². The Morgan fingerprint density at radius 2 is 1.90 bits per heavy atom. The topological polar surface area (TPSA) is 96.0 Å². The van der Waals surface area contributed by atoms with E-state index in [0.29, 0.717) is 50.0 Å². The van der Waals surface area contributed by atoms with Crippen molar-refractivity contribution in [2.75, 3.05) is 45.6 Å². The summed E-state index contributed by atoms with van der Waals surface area (Å²) in [5.41, 5.74) is 2.50. The van der Waals surface area contributed by atoms with Crippen molar-refractivity contribution >= 4 is 35.7 Å². The molecular weight excluding hydrogens is 554 g/mol. The maximum atomic E-state index is 13.6. The Labute approximate surface area is 253 Å². The summed E-state index contributed by atoms with van der Waals surface area (Å²) in [4.78, 5) is 45.9. The number of aldehydes is 1. The SMILES string of the molecule is Cc1ccc(C[N@+]2(C(=O)[O-])CCC(N3CCc4ccccc4NC3=O)CC2(CC=O)N2CCC(N(C)C)CC2)cc1Cl. The summed E-state index contributed by atoms with van der Waals surface area (Å²) in [6, 6.07) is 13.4. The van der Waals surface area contributed by atoms with Crippen LogP contribution in [0.2, 0.25) is 5.02 Å². The first-order chi connectivity index (χ1) is 20.1. The van der Waals surface area contributed by atoms with Crippen molar-refractivity contribution in [1.82, 2.24) is 14.7 Å². The van der Waals surface area contributed by atoms with Gasteiger partial charge in [0.15, 0.2) is 5.66 Å². The number of benzene rings is 2. The molecule has 226 valence electrons. The second kappa shape index (κ2) is 12.3. The third kappa shape index (κ3) is 5.55. The van der Waals surface area contributed by atoms with Gasteiger partial charge in [0.2, 0.25) is 0 Å². The van der Waals surface area contributed by atoms with Crippen molar-refractivity contribution in [3.8, 4) is 0 Å². The highest BCUT2D eigenvalue weighted by Gasteiger charge is 2.61. The molecule has 0 aromatic heterocycles. The molecule has 0 radical (unpaired) electrons. The molecule has 2 saturated heterocycles. The van der Waals surface area contributed by atoms with Crippen LogP contribution in [0.15, 0.2) is 42.5 Å². The number of hydrogen-bond acceptors (Lipinski definition) is 6. The molecule has 10 heteroatoms. The van der Waals surface area contributed by atoms with Crippen molar-refractivity contribution in [1.29, 1.82) is 0 Å². The molecule has 0 aliphatic carbocycles. The number of carboxylic acid groups (broad SMARTS) is 1. The van der Waals surface area contributed by atoms with Crippen molar-refractivity contribution in [2.45, 2.75) is 69.7 Å². The number of anilines is 1. The second-order valence-electron chi connectivity index (χ2n) is 12.4. The summed E-state index contributed by atoms with van der Waals surface area (Å²) in [5.74, 6) is 0. The van der Waals surface area contributed by atoms with Gasteiger partial charge in [0, 0.05) is 60.8 Å². The zero-order chi connectivity index (χ0) is 30.1. The van der Waals surface area contributed by atoms with Gasteiger partial charge < -0.3 is 29.8 Å². The highest BCUT2D eigenvalue weighted by Crippen LogP contribution is 2.45. The molecule has 0 bridgehead atoms. The van der Waals surface area contributed by atoms with Crippen LogP contribution < -0.4 is 10.4 Å². The molecule has 42 heavy (non-hydrogen) atoms. The number of rotatable bonds is 7. The number of carbonyl (C=O) groups excluding carboxylic acids is 3. The first kappa shape index (κ1) is 30.5. The number of amides is 3. The third-order valence-corrected chi connectivity index (χ3v) is 10.4. The highest BCUT2D eigenvalue weighted by molar-refractivity contribution is 6.31. The molecule has 2 unspecified atom stereocenters. The molecule has 3 amide bonds. The summed E-state index contributed by atoms with van der Waals surface area (Å²) in [7, 11) is 4.13. The largest absolute Gasteiger partial charge is 0.498 e. The van der Waals surface area contributed by atoms with Gasteiger partial charge in [-0.25, -0.2) is 4.79 Å². The van der Waals surface area contributed by atoms with Crippen LogP contribution in [0.25, 0.3) is 0 Å². The van der Waals surface area contributed by atoms with E-state index < -0.39 is 16.2 Å². The Morgan fingerprint density at radius 3 is 2.57 bits per heavy atom. The van der Waals surface area contributed by atoms with Gasteiger partial charge in [-0.2, -0.15) is 0 Å². The normalized spacial score (nSPS) is 27.3. The molecule has 2 fully saturated rings. The van der Waals surface area contributed by atoms with E-state index >= 15 is 0 Å². The van der Waals surface area contributed by atoms with Gasteiger partial charge in [-0.15, -0.1) is 0 Å². The number of urea groups is 1. The number of likely N-dealkylation sites (tertiary alicyclic amines) is 2. The fourth-order valence-corrected chi connectivity index (χ4v) is 7.76. The lowest BCUT2D eigenvalue weighted by atomic mass is 9.81. The maximum absolute atomic E-state index is 13.6. The first-order valence-electron chi connectivity index (χ1n) is 14.9. The minimum Gasteiger partial charge on any atom is -0.498 e. The minimum absolute atomic E-state index is 0.0272. The Balaban J connectivity index is 1.55. The number of quaternary nitrogens is 1. The van der Waals surface area contributed by atoms with E-state index in [1.165, 1.54) is 0 Å². The molecule has 3 atom stereocenters. The molecule has 0 spiro atoms. The average Bonchev–Trinajstić information content (AvgIpc) is 3.14. The summed E-state index contributed by atoms with van der Waals surface area (Å²) in [6.45, 7) is 4.12. The highest BCUT2D eigenvalue weighted by atomic mass is 35.5. The number of halogens is 1. The predicted octanol–water partition coefficient (Wildman–Crippen LogP) is 3.87. The Kier molecular flexibility index (Phi) is 8.94. The molecule has 2 aromatic rings. The van der Waals surface area contributed by atoms with E-state index in [4.69, 9.17) is 11.6 Å². The molecule has 0 saturated carbocycles. The number of nitrogens with one attached hydrogen (secondary N) is 1. The van der Waals surface area contributed by atoms with Crippen LogP contribution in [0.5, 0.6) is 0 Å². The summed E-state index contributed by atoms with van der Waals surface area (Å²) in [5, 5.41) is 17.1. The Morgan fingerprint density at radius 1 is 1.17 bits per heavy atom. The van der Waals surface area contributed by atoms with Crippen LogP contribution >= 0.6 is 11.6 Å². The lowest BCUT2D eigenvalue weighted by molar-refractivity contribution is -0.956. The fraction of sp³-hybridized carbons (Fsp3) is 0.531. The van der Waals surface area contributed by atoms with E-state index in [9.17, 15) is 19.5 Å². The molecular formula is C32H42ClN5O4. The number of carbonyl (C=O) groups is 3. The van der Waals surface area contributed by atoms with Crippen LogP contribution in [-0.2, 0) is 17.8 Å². The van der Waals surface area contributed by atoms with E-state index in [-0.39, 0.29) is 31.6 Å². The first-order valence-corrected chi connectivity index (χ1v) is 15.3. The maximum Gasteiger partial charge on any atom is 0.322 e. The third-order valence-electron chi connectivity index (χ3n) is 10.0. The monoisotopic (exact) mass is 595 g/mol. The summed E-state index contributed by atoms with van der Waals surface area (Å²) in [6.07, 6.45) is 2.94. The van der Waals surface area contributed by atoms with Crippen LogP contribution in [0.4, 0.5) is 15.3 Å². The molecule has 1 N–H and O–H groups in total. The molecule has 2 aromatic carbocycles. The fourth-order valence-electron chi connectivity index (χ4n) is 7.55. The number of aryl methyl sites for hydroxylation is 1. The van der Waals surface area contributed by atoms with Gasteiger partial charge in [0.25, 0.3) is 6.09 Å². The zero-order valence-corrected chi connectivity index (χ0v) is 25.6. The lowest BCUT2D eigenvalue weighted by Crippen LogP contribution is -2.80. The summed E-state index contributed by atoms with van der Waals surface area (Å²) < 4.78 is -0.399. The average molecular weight is 596 g/mol. The van der Waals surface area contributed by atoms with E-state index in [0.717, 1.165) is 41.5 Å². The molecule has 3 heterocycles. The Hall–Kier alpha value is -2.98. The number of nitrogens with zero attached hydrogens (tertiary/aromatic N) is 4. The van der Waals surface area contributed by atoms with Crippen LogP contribution in [0.1, 0.15) is 48.8 Å². The van der Waals surface area contributed by atoms with Crippen molar-refractivity contribution in [2.24, 2.45) is 0 Å². The molecule has 3 aliphatic rings. The van der Waals surface area contributed by atoms with E-state index in [1.54, 1.807) is 0 Å². The Bertz CT molecular complexity index is 1330. The quantitative estimate of drug-likeness (QED) is 0.386. The van der Waals surface area contributed by atoms with Crippen LogP contribution in [-0.4, -0.2) is 95.6 Å². The minimum atomic E-state index is -1.20. The van der Waals surface area contributed by atoms with E-state index in [2.05, 4.69) is 29.2 Å². The van der Waals surface area contributed by atoms with Crippen molar-refractivity contribution in [3.05, 3.63) is 64.2 Å². The van der Waals surface area contributed by atoms with E-state index in [1.807, 2.05) is 54.3 Å². The van der Waals surface area contributed by atoms with Gasteiger partial charge >= 0.3 is 6.03 Å². The lowest BCUT2D eigenvalue weighted by Gasteiger charge is -2.61. The van der Waals surface area contributed by atoms with Crippen LogP contribution in [0.3, 0.4) is 0 Å². The summed E-state index contributed by atoms with van der Waals surface area (Å²) >= 11 is 6.49. The van der Waals surface area contributed by atoms with Gasteiger partial charge in [0.1, 0.15) is 12.8 Å². The van der Waals surface area contributed by atoms with Gasteiger partial charge in [-0.1, -0.05) is 41.9 Å². The standard InChI is InChI=1S/C32H42ClN5O4/c1-23-8-9-24(20-28(23)33)22-38(31(41)42)18-13-27(37-17-10-25-6-4-5-7-29(25)34-30(37)40)21-32(38,14-19-39)36-15-11-26(12-16-36)35(2)3/h4-9,19-20,26-27H,10-18,21-22H2,1-3H3,(H-,34,40,41,42)/t27?,32?,38-/m0/s1. The smallest absolute Gasteiger partial charge is 0.322 e. The number of fused-ring (bicyclic) bond motifs is 1. The molecule has 9 nitrogen and oxygen atoms in total. The zero-order valence-electron chi connectivity index (χ0n) is 24.9.